The first-order valence-corrected chi connectivity index (χ1v) is 12.8. The normalized spacial score (nSPS) is 26.2. The molecule has 0 bridgehead atoms. The van der Waals surface area contributed by atoms with Gasteiger partial charge in [0.05, 0.1) is 0 Å². The number of hydrogen-bond donors (Lipinski definition) is 0. The summed E-state index contributed by atoms with van der Waals surface area (Å²) in [6.07, 6.45) is 13.8. The lowest BCUT2D eigenvalue weighted by atomic mass is 9.68. The number of aromatic nitrogens is 2. The summed E-state index contributed by atoms with van der Waals surface area (Å²) < 4.78 is 5.67. The van der Waals surface area contributed by atoms with Crippen LogP contribution in [-0.2, 0) is 0 Å². The van der Waals surface area contributed by atoms with Gasteiger partial charge >= 0.3 is 0 Å². The van der Waals surface area contributed by atoms with E-state index < -0.39 is 0 Å². The van der Waals surface area contributed by atoms with E-state index in [0.717, 1.165) is 29.1 Å². The lowest BCUT2D eigenvalue weighted by Crippen LogP contribution is -2.25. The van der Waals surface area contributed by atoms with E-state index in [9.17, 15) is 0 Å². The van der Waals surface area contributed by atoms with Gasteiger partial charge in [-0.15, -0.1) is 0 Å². The van der Waals surface area contributed by atoms with E-state index in [1.807, 2.05) is 6.07 Å². The van der Waals surface area contributed by atoms with Crippen LogP contribution in [0.1, 0.15) is 82.9 Å². The Kier molecular flexibility index (Phi) is 6.71. The van der Waals surface area contributed by atoms with E-state index in [1.54, 1.807) is 0 Å². The van der Waals surface area contributed by atoms with Crippen molar-refractivity contribution < 1.29 is 4.52 Å². The molecule has 0 saturated heterocycles. The summed E-state index contributed by atoms with van der Waals surface area (Å²) in [4.78, 5) is 4.80. The summed E-state index contributed by atoms with van der Waals surface area (Å²) >= 11 is 0. The third-order valence-corrected chi connectivity index (χ3v) is 8.07. The monoisotopic (exact) mass is 428 g/mol. The van der Waals surface area contributed by atoms with Crippen molar-refractivity contribution in [1.29, 1.82) is 0 Å². The Hall–Kier alpha value is -2.42. The smallest absolute Gasteiger partial charge is 0.257 e. The molecular formula is C29H36N2O. The van der Waals surface area contributed by atoms with Gasteiger partial charge in [0.2, 0.25) is 0 Å². The van der Waals surface area contributed by atoms with Crippen LogP contribution in [0.15, 0.2) is 59.1 Å². The fourth-order valence-electron chi connectivity index (χ4n) is 6.16. The molecule has 0 aliphatic heterocycles. The average molecular weight is 429 g/mol. The topological polar surface area (TPSA) is 38.9 Å². The molecule has 2 aliphatic rings. The second-order valence-electron chi connectivity index (χ2n) is 10.1. The molecule has 1 aromatic heterocycles. The van der Waals surface area contributed by atoms with Crippen LogP contribution in [0.3, 0.4) is 0 Å². The Balaban J connectivity index is 1.16. The van der Waals surface area contributed by atoms with Crippen LogP contribution in [0.2, 0.25) is 0 Å². The molecule has 5 rings (SSSR count). The van der Waals surface area contributed by atoms with Gasteiger partial charge < -0.3 is 4.52 Å². The van der Waals surface area contributed by atoms with Crippen molar-refractivity contribution in [3.8, 4) is 22.6 Å². The van der Waals surface area contributed by atoms with E-state index in [4.69, 9.17) is 9.51 Å². The third kappa shape index (κ3) is 4.82. The van der Waals surface area contributed by atoms with Crippen molar-refractivity contribution in [3.63, 3.8) is 0 Å². The fourth-order valence-corrected chi connectivity index (χ4v) is 6.16. The Labute approximate surface area is 192 Å². The third-order valence-electron chi connectivity index (χ3n) is 8.07. The van der Waals surface area contributed by atoms with Crippen LogP contribution in [0.25, 0.3) is 22.6 Å². The first-order chi connectivity index (χ1) is 15.8. The molecule has 3 aromatic rings. The fraction of sp³-hybridized carbons (Fsp3) is 0.517. The molecule has 2 aliphatic carbocycles. The molecule has 0 atom stereocenters. The maximum Gasteiger partial charge on any atom is 0.257 e. The summed E-state index contributed by atoms with van der Waals surface area (Å²) in [6.45, 7) is 2.33. The Morgan fingerprint density at radius 1 is 0.719 bits per heavy atom. The maximum atomic E-state index is 5.67. The summed E-state index contributed by atoms with van der Waals surface area (Å²) in [5, 5.41) is 4.38. The molecule has 3 heteroatoms. The van der Waals surface area contributed by atoms with Crippen molar-refractivity contribution in [1.82, 2.24) is 10.1 Å². The number of rotatable bonds is 6. The molecule has 3 nitrogen and oxygen atoms in total. The zero-order valence-corrected chi connectivity index (χ0v) is 19.4. The van der Waals surface area contributed by atoms with Gasteiger partial charge in [-0.1, -0.05) is 80.2 Å². The van der Waals surface area contributed by atoms with Gasteiger partial charge in [-0.05, 0) is 79.5 Å². The lowest BCUT2D eigenvalue weighted by molar-refractivity contribution is 0.155. The van der Waals surface area contributed by atoms with Crippen LogP contribution >= 0.6 is 0 Å². The molecule has 32 heavy (non-hydrogen) atoms. The molecule has 2 saturated carbocycles. The summed E-state index contributed by atoms with van der Waals surface area (Å²) in [7, 11) is 0. The van der Waals surface area contributed by atoms with E-state index in [2.05, 4.69) is 60.6 Å². The zero-order valence-electron chi connectivity index (χ0n) is 19.4. The first-order valence-electron chi connectivity index (χ1n) is 12.8. The Morgan fingerprint density at radius 3 is 1.97 bits per heavy atom. The standard InChI is InChI=1S/C29H36N2O/c1-2-6-21-9-11-23(12-10-21)25-13-17-26(18-14-25)28-30-29(32-31-28)27-19-15-24(16-20-27)22-7-4-3-5-8-22/h3-5,7-8,15-16,19-21,23,25-26H,2,6,9-14,17-18H2,1H3. The SMILES string of the molecule is CCCC1CCC(C2CCC(c3noc(-c4ccc(-c5ccccc5)cc4)n3)CC2)CC1. The zero-order chi connectivity index (χ0) is 21.8. The molecule has 0 amide bonds. The summed E-state index contributed by atoms with van der Waals surface area (Å²) in [5.74, 6) is 4.92. The quantitative estimate of drug-likeness (QED) is 0.396. The second-order valence-corrected chi connectivity index (χ2v) is 10.1. The second kappa shape index (κ2) is 10.0. The molecule has 1 heterocycles. The molecule has 0 radical (unpaired) electrons. The number of nitrogens with zero attached hydrogens (tertiary/aromatic N) is 2. The molecule has 0 spiro atoms. The van der Waals surface area contributed by atoms with Crippen LogP contribution < -0.4 is 0 Å². The van der Waals surface area contributed by atoms with Gasteiger partial charge in [-0.2, -0.15) is 4.98 Å². The van der Waals surface area contributed by atoms with Gasteiger partial charge in [0.15, 0.2) is 5.82 Å². The minimum atomic E-state index is 0.462. The first kappa shape index (κ1) is 21.4. The minimum Gasteiger partial charge on any atom is -0.334 e. The molecule has 2 aromatic carbocycles. The Morgan fingerprint density at radius 2 is 1.31 bits per heavy atom. The molecule has 2 fully saturated rings. The highest BCUT2D eigenvalue weighted by atomic mass is 16.5. The van der Waals surface area contributed by atoms with Crippen LogP contribution in [0.5, 0.6) is 0 Å². The average Bonchev–Trinajstić information content (AvgIpc) is 3.36. The van der Waals surface area contributed by atoms with Crippen molar-refractivity contribution in [2.24, 2.45) is 17.8 Å². The van der Waals surface area contributed by atoms with Gasteiger partial charge in [0.25, 0.3) is 5.89 Å². The van der Waals surface area contributed by atoms with Gasteiger partial charge in [0, 0.05) is 11.5 Å². The van der Waals surface area contributed by atoms with Gasteiger partial charge in [-0.25, -0.2) is 0 Å². The van der Waals surface area contributed by atoms with Gasteiger partial charge in [-0.3, -0.25) is 0 Å². The van der Waals surface area contributed by atoms with Crippen molar-refractivity contribution in [2.45, 2.75) is 77.0 Å². The van der Waals surface area contributed by atoms with Crippen LogP contribution in [0.4, 0.5) is 0 Å². The summed E-state index contributed by atoms with van der Waals surface area (Å²) in [6, 6.07) is 18.9. The van der Waals surface area contributed by atoms with E-state index in [1.165, 1.54) is 75.3 Å². The molecular weight excluding hydrogens is 392 g/mol. The van der Waals surface area contributed by atoms with Crippen LogP contribution in [-0.4, -0.2) is 10.1 Å². The summed E-state index contributed by atoms with van der Waals surface area (Å²) in [5.41, 5.74) is 3.43. The molecule has 168 valence electrons. The highest BCUT2D eigenvalue weighted by molar-refractivity contribution is 5.67. The highest BCUT2D eigenvalue weighted by Crippen LogP contribution is 2.44. The van der Waals surface area contributed by atoms with Gasteiger partial charge in [0.1, 0.15) is 0 Å². The lowest BCUT2D eigenvalue weighted by Gasteiger charge is -2.37. The Bertz CT molecular complexity index is 962. The van der Waals surface area contributed by atoms with Crippen molar-refractivity contribution >= 4 is 0 Å². The van der Waals surface area contributed by atoms with Crippen LogP contribution in [0, 0.1) is 17.8 Å². The van der Waals surface area contributed by atoms with E-state index in [0.29, 0.717) is 11.8 Å². The predicted molar refractivity (Wildman–Crippen MR) is 130 cm³/mol. The van der Waals surface area contributed by atoms with E-state index in [-0.39, 0.29) is 0 Å². The minimum absolute atomic E-state index is 0.462. The van der Waals surface area contributed by atoms with Crippen molar-refractivity contribution in [3.05, 3.63) is 60.4 Å². The highest BCUT2D eigenvalue weighted by Gasteiger charge is 2.32. The number of hydrogen-bond acceptors (Lipinski definition) is 3. The molecule has 0 unspecified atom stereocenters. The number of benzene rings is 2. The van der Waals surface area contributed by atoms with E-state index >= 15 is 0 Å². The maximum absolute atomic E-state index is 5.67. The van der Waals surface area contributed by atoms with Crippen molar-refractivity contribution in [2.75, 3.05) is 0 Å². The molecule has 0 N–H and O–H groups in total. The predicted octanol–water partition coefficient (Wildman–Crippen LogP) is 8.28. The largest absolute Gasteiger partial charge is 0.334 e.